The van der Waals surface area contributed by atoms with Crippen molar-refractivity contribution in [3.8, 4) is 12.1 Å². The average molecular weight is 599 g/mol. The zero-order chi connectivity index (χ0) is 30.8. The van der Waals surface area contributed by atoms with Crippen LogP contribution in [0.5, 0.6) is 6.01 Å². The second-order valence-corrected chi connectivity index (χ2v) is 13.0. The molecule has 0 saturated carbocycles. The molecule has 2 unspecified atom stereocenters. The molecule has 2 atom stereocenters. The summed E-state index contributed by atoms with van der Waals surface area (Å²) in [5.41, 5.74) is 3.55. The quantitative estimate of drug-likeness (QED) is 0.405. The summed E-state index contributed by atoms with van der Waals surface area (Å²) in [7, 11) is 2.14. The fourth-order valence-corrected chi connectivity index (χ4v) is 6.53. The largest absolute Gasteiger partial charge is 0.462 e. The minimum atomic E-state index is -0.608. The van der Waals surface area contributed by atoms with Crippen LogP contribution in [0.15, 0.2) is 36.5 Å². The number of piperazine rings is 1. The van der Waals surface area contributed by atoms with Crippen molar-refractivity contribution in [2.45, 2.75) is 70.7 Å². The number of ether oxygens (including phenoxy) is 2. The van der Waals surface area contributed by atoms with E-state index in [1.165, 1.54) is 0 Å². The molecule has 2 saturated heterocycles. The number of hydrogen-bond donors (Lipinski definition) is 0. The van der Waals surface area contributed by atoms with E-state index < -0.39 is 5.60 Å². The zero-order valence-corrected chi connectivity index (χ0v) is 26.2. The maximum atomic E-state index is 13.0. The summed E-state index contributed by atoms with van der Waals surface area (Å²) in [5, 5.41) is 10.8. The van der Waals surface area contributed by atoms with Crippen LogP contribution in [-0.4, -0.2) is 94.9 Å². The fourth-order valence-electron chi connectivity index (χ4n) is 6.53. The van der Waals surface area contributed by atoms with Gasteiger partial charge < -0.3 is 29.1 Å². The summed E-state index contributed by atoms with van der Waals surface area (Å²) >= 11 is 0. The summed E-state index contributed by atoms with van der Waals surface area (Å²) in [6.07, 6.45) is 4.72. The summed E-state index contributed by atoms with van der Waals surface area (Å²) in [4.78, 5) is 36.2. The third kappa shape index (κ3) is 6.36. The second kappa shape index (κ2) is 12.4. The van der Waals surface area contributed by atoms with Gasteiger partial charge in [0.05, 0.1) is 36.3 Å². The Kier molecular flexibility index (Phi) is 8.45. The Morgan fingerprint density at radius 3 is 2.68 bits per heavy atom. The van der Waals surface area contributed by atoms with Crippen LogP contribution in [0.4, 0.5) is 16.3 Å². The van der Waals surface area contributed by atoms with E-state index in [0.29, 0.717) is 44.8 Å². The van der Waals surface area contributed by atoms with Gasteiger partial charge in [-0.2, -0.15) is 15.2 Å². The smallest absolute Gasteiger partial charge is 0.410 e. The molecule has 2 aromatic heterocycles. The van der Waals surface area contributed by atoms with Gasteiger partial charge in [-0.25, -0.2) is 4.79 Å². The van der Waals surface area contributed by atoms with E-state index in [9.17, 15) is 10.1 Å². The van der Waals surface area contributed by atoms with Crippen LogP contribution >= 0.6 is 0 Å². The van der Waals surface area contributed by atoms with E-state index in [1.807, 2.05) is 45.2 Å². The van der Waals surface area contributed by atoms with Gasteiger partial charge in [0.15, 0.2) is 0 Å². The molecule has 11 nitrogen and oxygen atoms in total. The Hall–Kier alpha value is -4.17. The summed E-state index contributed by atoms with van der Waals surface area (Å²) in [6, 6.07) is 13.0. The van der Waals surface area contributed by atoms with E-state index in [0.717, 1.165) is 66.0 Å². The topological polar surface area (TPSA) is 111 Å². The van der Waals surface area contributed by atoms with Gasteiger partial charge in [-0.05, 0) is 65.8 Å². The molecule has 3 aliphatic rings. The number of nitrogens with zero attached hydrogens (tertiary/aromatic N) is 8. The highest BCUT2D eigenvalue weighted by Gasteiger charge is 2.36. The first-order valence-corrected chi connectivity index (χ1v) is 15.6. The minimum absolute atomic E-state index is 0.212. The third-order valence-electron chi connectivity index (χ3n) is 8.80. The van der Waals surface area contributed by atoms with E-state index >= 15 is 0 Å². The normalized spacial score (nSPS) is 20.8. The molecule has 5 heterocycles. The predicted molar refractivity (Wildman–Crippen MR) is 169 cm³/mol. The van der Waals surface area contributed by atoms with Gasteiger partial charge in [-0.3, -0.25) is 4.98 Å². The SMILES string of the molecule is CN1CCCC1COc1nc2c(c(N3CCN(C(=O)OC(C)(C)C)C(CC#N)C3)n1)CCN(c1ccnc3ccccc13)C2. The molecule has 0 N–H and O–H groups in total. The van der Waals surface area contributed by atoms with Crippen molar-refractivity contribution in [1.82, 2.24) is 24.8 Å². The Bertz CT molecular complexity index is 1550. The van der Waals surface area contributed by atoms with Crippen molar-refractivity contribution in [2.75, 3.05) is 56.2 Å². The summed E-state index contributed by atoms with van der Waals surface area (Å²) < 4.78 is 12.0. The fraction of sp³-hybridized carbons (Fsp3) is 0.545. The van der Waals surface area contributed by atoms with Gasteiger partial charge >= 0.3 is 12.1 Å². The van der Waals surface area contributed by atoms with Crippen LogP contribution in [0.1, 0.15) is 51.3 Å². The van der Waals surface area contributed by atoms with Gasteiger partial charge in [-0.15, -0.1) is 0 Å². The Morgan fingerprint density at radius 2 is 1.91 bits per heavy atom. The summed E-state index contributed by atoms with van der Waals surface area (Å²) in [5.74, 6) is 0.843. The van der Waals surface area contributed by atoms with Crippen LogP contribution in [-0.2, 0) is 17.7 Å². The molecular formula is C33H42N8O3. The van der Waals surface area contributed by atoms with E-state index in [-0.39, 0.29) is 18.6 Å². The molecule has 232 valence electrons. The van der Waals surface area contributed by atoms with Crippen molar-refractivity contribution < 1.29 is 14.3 Å². The molecule has 0 aliphatic carbocycles. The number of fused-ring (bicyclic) bond motifs is 2. The van der Waals surface area contributed by atoms with Gasteiger partial charge in [0, 0.05) is 55.1 Å². The molecule has 3 aliphatic heterocycles. The Balaban J connectivity index is 1.30. The number of carbonyl (C=O) groups excluding carboxylic acids is 1. The van der Waals surface area contributed by atoms with Gasteiger partial charge in [0.2, 0.25) is 0 Å². The number of likely N-dealkylation sites (tertiary alicyclic amines) is 1. The number of likely N-dealkylation sites (N-methyl/N-ethyl adjacent to an activating group) is 1. The first-order valence-electron chi connectivity index (χ1n) is 15.6. The number of hydrogen-bond acceptors (Lipinski definition) is 10. The Morgan fingerprint density at radius 1 is 1.07 bits per heavy atom. The van der Waals surface area contributed by atoms with Crippen LogP contribution < -0.4 is 14.5 Å². The molecule has 1 aromatic carbocycles. The van der Waals surface area contributed by atoms with Crippen molar-refractivity contribution >= 4 is 28.5 Å². The highest BCUT2D eigenvalue weighted by atomic mass is 16.6. The molecule has 6 rings (SSSR count). The third-order valence-corrected chi connectivity index (χ3v) is 8.80. The van der Waals surface area contributed by atoms with Crippen LogP contribution in [0.3, 0.4) is 0 Å². The average Bonchev–Trinajstić information content (AvgIpc) is 3.42. The molecular weight excluding hydrogens is 556 g/mol. The number of para-hydroxylation sites is 1. The number of amides is 1. The molecule has 1 amide bonds. The van der Waals surface area contributed by atoms with Crippen molar-refractivity contribution in [3.63, 3.8) is 0 Å². The van der Waals surface area contributed by atoms with Crippen LogP contribution in [0.25, 0.3) is 10.9 Å². The van der Waals surface area contributed by atoms with Crippen LogP contribution in [0, 0.1) is 11.3 Å². The lowest BCUT2D eigenvalue weighted by Gasteiger charge is -2.42. The number of benzene rings is 1. The number of nitriles is 1. The van der Waals surface area contributed by atoms with E-state index in [1.54, 1.807) is 4.90 Å². The van der Waals surface area contributed by atoms with E-state index in [2.05, 4.69) is 44.9 Å². The van der Waals surface area contributed by atoms with Gasteiger partial charge in [0.1, 0.15) is 18.0 Å². The van der Waals surface area contributed by atoms with E-state index in [4.69, 9.17) is 19.4 Å². The number of rotatable bonds is 6. The molecule has 0 spiro atoms. The standard InChI is InChI=1S/C33H42N8O3/c1-33(2,3)44-32(42)41-19-18-40(20-23(41)11-14-34)30-26-13-17-39(29-12-15-35-27-10-6-5-9-25(27)29)21-28(26)36-31(37-30)43-22-24-8-7-16-38(24)4/h5-6,9-10,12,15,23-24H,7-8,11,13,16-22H2,1-4H3. The first-order chi connectivity index (χ1) is 21.2. The minimum Gasteiger partial charge on any atom is -0.462 e. The maximum Gasteiger partial charge on any atom is 0.410 e. The molecule has 44 heavy (non-hydrogen) atoms. The monoisotopic (exact) mass is 598 g/mol. The first kappa shape index (κ1) is 29.9. The highest BCUT2D eigenvalue weighted by Crippen LogP contribution is 2.34. The summed E-state index contributed by atoms with van der Waals surface area (Å²) in [6.45, 7) is 10.1. The Labute approximate surface area is 259 Å². The molecule has 11 heteroatoms. The van der Waals surface area contributed by atoms with Crippen LogP contribution in [0.2, 0.25) is 0 Å². The lowest BCUT2D eigenvalue weighted by molar-refractivity contribution is 0.0144. The van der Waals surface area contributed by atoms with Gasteiger partial charge in [0.25, 0.3) is 0 Å². The second-order valence-electron chi connectivity index (χ2n) is 13.0. The van der Waals surface area contributed by atoms with Gasteiger partial charge in [-0.1, -0.05) is 18.2 Å². The predicted octanol–water partition coefficient (Wildman–Crippen LogP) is 4.40. The number of anilines is 2. The lowest BCUT2D eigenvalue weighted by Crippen LogP contribution is -2.56. The zero-order valence-electron chi connectivity index (χ0n) is 26.2. The number of carbonyl (C=O) groups is 1. The molecule has 0 radical (unpaired) electrons. The highest BCUT2D eigenvalue weighted by molar-refractivity contribution is 5.91. The number of aromatic nitrogens is 3. The number of pyridine rings is 1. The molecule has 2 fully saturated rings. The molecule has 3 aromatic rings. The van der Waals surface area contributed by atoms with Crippen molar-refractivity contribution in [2.24, 2.45) is 0 Å². The lowest BCUT2D eigenvalue weighted by atomic mass is 10.0. The van der Waals surface area contributed by atoms with Crippen molar-refractivity contribution in [3.05, 3.63) is 47.8 Å². The maximum absolute atomic E-state index is 13.0. The molecule has 0 bridgehead atoms. The van der Waals surface area contributed by atoms with Crippen molar-refractivity contribution in [1.29, 1.82) is 5.26 Å².